The molecule has 1 unspecified atom stereocenters. The number of hydrogen-bond acceptors (Lipinski definition) is 6. The average molecular weight is 413 g/mol. The Bertz CT molecular complexity index is 858. The average Bonchev–Trinajstić information content (AvgIpc) is 2.64. The minimum atomic E-state index is -4.71. The minimum absolute atomic E-state index is 0.0102. The van der Waals surface area contributed by atoms with Crippen LogP contribution in [0.2, 0.25) is 0 Å². The number of ether oxygens (including phenoxy) is 2. The molecule has 2 N–H and O–H groups in total. The van der Waals surface area contributed by atoms with Gasteiger partial charge in [-0.25, -0.2) is 9.59 Å². The summed E-state index contributed by atoms with van der Waals surface area (Å²) in [6.45, 7) is 3.82. The topological polar surface area (TPSA) is 84.9 Å². The minimum Gasteiger partial charge on any atom is -0.463 e. The molecule has 1 aliphatic rings. The third-order valence-electron chi connectivity index (χ3n) is 4.38. The largest absolute Gasteiger partial charge is 0.463 e. The summed E-state index contributed by atoms with van der Waals surface area (Å²) in [6.07, 6.45) is -4.71. The van der Waals surface area contributed by atoms with Gasteiger partial charge in [-0.05, 0) is 32.4 Å². The smallest absolute Gasteiger partial charge is 0.416 e. The van der Waals surface area contributed by atoms with Crippen molar-refractivity contribution < 1.29 is 37.3 Å². The van der Waals surface area contributed by atoms with E-state index in [0.717, 1.165) is 6.07 Å². The molecule has 158 valence electrons. The molecule has 0 amide bonds. The van der Waals surface area contributed by atoms with Crippen molar-refractivity contribution >= 4 is 11.9 Å². The summed E-state index contributed by atoms with van der Waals surface area (Å²) in [7, 11) is 0. The number of halogens is 3. The molecule has 1 aromatic carbocycles. The van der Waals surface area contributed by atoms with Crippen molar-refractivity contribution in [2.75, 3.05) is 19.8 Å². The lowest BCUT2D eigenvalue weighted by Gasteiger charge is -2.31. The summed E-state index contributed by atoms with van der Waals surface area (Å²) in [5, 5.41) is 11.8. The number of alkyl halides is 3. The van der Waals surface area contributed by atoms with E-state index in [-0.39, 0.29) is 41.3 Å². The third-order valence-corrected chi connectivity index (χ3v) is 4.38. The van der Waals surface area contributed by atoms with Gasteiger partial charge in [0.1, 0.15) is 6.61 Å². The number of nitrogens with one attached hydrogen (secondary N) is 1. The van der Waals surface area contributed by atoms with Gasteiger partial charge in [-0.15, -0.1) is 0 Å². The van der Waals surface area contributed by atoms with Gasteiger partial charge in [0.25, 0.3) is 0 Å². The highest BCUT2D eigenvalue weighted by Crippen LogP contribution is 2.44. The molecule has 1 aromatic rings. The number of benzene rings is 1. The van der Waals surface area contributed by atoms with E-state index in [1.807, 2.05) is 0 Å². The van der Waals surface area contributed by atoms with Crippen LogP contribution in [0, 0.1) is 0 Å². The van der Waals surface area contributed by atoms with Gasteiger partial charge in [0, 0.05) is 11.4 Å². The van der Waals surface area contributed by atoms with Crippen molar-refractivity contribution in [3.63, 3.8) is 0 Å². The summed E-state index contributed by atoms with van der Waals surface area (Å²) < 4.78 is 51.1. The van der Waals surface area contributed by atoms with Crippen LogP contribution in [0.3, 0.4) is 0 Å². The molecule has 0 aliphatic carbocycles. The fourth-order valence-corrected chi connectivity index (χ4v) is 3.28. The Morgan fingerprint density at radius 2 is 1.62 bits per heavy atom. The van der Waals surface area contributed by atoms with Gasteiger partial charge < -0.3 is 19.9 Å². The predicted molar refractivity (Wildman–Crippen MR) is 97.4 cm³/mol. The first-order valence-corrected chi connectivity index (χ1v) is 8.93. The van der Waals surface area contributed by atoms with Crippen molar-refractivity contribution in [3.05, 3.63) is 57.9 Å². The Morgan fingerprint density at radius 3 is 2.14 bits per heavy atom. The molecule has 0 radical (unpaired) electrons. The van der Waals surface area contributed by atoms with Crippen molar-refractivity contribution in [1.82, 2.24) is 5.32 Å². The summed E-state index contributed by atoms with van der Waals surface area (Å²) in [4.78, 5) is 25.3. The van der Waals surface area contributed by atoms with Crippen LogP contribution >= 0.6 is 0 Å². The second-order valence-corrected chi connectivity index (χ2v) is 6.30. The molecule has 2 rings (SSSR count). The number of allylic oxidation sites excluding steroid dienone is 2. The molecule has 0 bridgehead atoms. The Hall–Kier alpha value is -2.81. The van der Waals surface area contributed by atoms with E-state index in [0.29, 0.717) is 0 Å². The van der Waals surface area contributed by atoms with Crippen LogP contribution in [0.1, 0.15) is 37.8 Å². The first-order valence-electron chi connectivity index (χ1n) is 8.93. The first kappa shape index (κ1) is 22.5. The molecule has 0 aromatic heterocycles. The van der Waals surface area contributed by atoms with Crippen molar-refractivity contribution in [2.45, 2.75) is 32.9 Å². The SMILES string of the molecule is CCOC(=O)C1=C(C)NC(C)=C(C(=O)OCCO)C1c1ccccc1C(F)(F)F. The zero-order valence-electron chi connectivity index (χ0n) is 16.2. The Labute approximate surface area is 166 Å². The monoisotopic (exact) mass is 413 g/mol. The zero-order chi connectivity index (χ0) is 21.8. The number of aliphatic hydroxyl groups is 1. The Morgan fingerprint density at radius 1 is 1.07 bits per heavy atom. The maximum atomic E-state index is 13.7. The number of esters is 2. The van der Waals surface area contributed by atoms with Crippen molar-refractivity contribution in [2.24, 2.45) is 0 Å². The van der Waals surface area contributed by atoms with E-state index >= 15 is 0 Å². The standard InChI is InChI=1S/C20H22F3NO5/c1-4-28-18(26)15-11(2)24-12(3)16(19(27)29-10-9-25)17(15)13-7-5-6-8-14(13)20(21,22)23/h5-8,17,24-25H,4,9-10H2,1-3H3. The highest BCUT2D eigenvalue weighted by molar-refractivity contribution is 6.00. The van der Waals surface area contributed by atoms with Gasteiger partial charge in [-0.1, -0.05) is 18.2 Å². The molecule has 0 saturated carbocycles. The number of rotatable bonds is 6. The van der Waals surface area contributed by atoms with Crippen LogP contribution in [-0.2, 0) is 25.2 Å². The Kier molecular flexibility index (Phi) is 7.07. The van der Waals surface area contributed by atoms with Crippen LogP contribution in [0.5, 0.6) is 0 Å². The fraction of sp³-hybridized carbons (Fsp3) is 0.400. The second-order valence-electron chi connectivity index (χ2n) is 6.30. The summed E-state index contributed by atoms with van der Waals surface area (Å²) in [5.41, 5.74) is -0.961. The number of aliphatic hydroxyl groups excluding tert-OH is 1. The van der Waals surface area contributed by atoms with E-state index in [1.54, 1.807) is 6.92 Å². The molecule has 9 heteroatoms. The van der Waals surface area contributed by atoms with E-state index in [4.69, 9.17) is 14.6 Å². The van der Waals surface area contributed by atoms with Crippen LogP contribution in [0.25, 0.3) is 0 Å². The normalized spacial score (nSPS) is 17.1. The summed E-state index contributed by atoms with van der Waals surface area (Å²) in [5.74, 6) is -3.11. The predicted octanol–water partition coefficient (Wildman–Crippen LogP) is 3.04. The zero-order valence-corrected chi connectivity index (χ0v) is 16.2. The highest BCUT2D eigenvalue weighted by Gasteiger charge is 2.43. The summed E-state index contributed by atoms with van der Waals surface area (Å²) >= 11 is 0. The van der Waals surface area contributed by atoms with E-state index < -0.39 is 36.2 Å². The van der Waals surface area contributed by atoms with Crippen LogP contribution < -0.4 is 5.32 Å². The number of carbonyl (C=O) groups excluding carboxylic acids is 2. The second kappa shape index (κ2) is 9.13. The molecule has 1 aliphatic heterocycles. The van der Waals surface area contributed by atoms with Gasteiger partial charge in [0.15, 0.2) is 0 Å². The highest BCUT2D eigenvalue weighted by atomic mass is 19.4. The van der Waals surface area contributed by atoms with Crippen LogP contribution in [0.4, 0.5) is 13.2 Å². The van der Waals surface area contributed by atoms with Crippen molar-refractivity contribution in [1.29, 1.82) is 0 Å². The lowest BCUT2D eigenvalue weighted by atomic mass is 9.78. The van der Waals surface area contributed by atoms with Gasteiger partial charge in [-0.2, -0.15) is 13.2 Å². The molecule has 0 saturated heterocycles. The van der Waals surface area contributed by atoms with E-state index in [9.17, 15) is 22.8 Å². The van der Waals surface area contributed by atoms with Gasteiger partial charge >= 0.3 is 18.1 Å². The maximum Gasteiger partial charge on any atom is 0.416 e. The number of dihydropyridines is 1. The molecule has 0 spiro atoms. The van der Waals surface area contributed by atoms with Gasteiger partial charge in [0.05, 0.1) is 35.8 Å². The van der Waals surface area contributed by atoms with Crippen molar-refractivity contribution in [3.8, 4) is 0 Å². The Balaban J connectivity index is 2.74. The number of hydrogen-bond donors (Lipinski definition) is 2. The van der Waals surface area contributed by atoms with E-state index in [2.05, 4.69) is 5.32 Å². The molecule has 0 fully saturated rings. The molecule has 29 heavy (non-hydrogen) atoms. The quantitative estimate of drug-likeness (QED) is 0.698. The lowest BCUT2D eigenvalue weighted by Crippen LogP contribution is -2.33. The molecule has 1 heterocycles. The van der Waals surface area contributed by atoms with Crippen LogP contribution in [0.15, 0.2) is 46.8 Å². The van der Waals surface area contributed by atoms with E-state index in [1.165, 1.54) is 32.0 Å². The molecule has 1 atom stereocenters. The maximum absolute atomic E-state index is 13.7. The lowest BCUT2D eigenvalue weighted by molar-refractivity contribution is -0.142. The third kappa shape index (κ3) is 4.79. The molecular weight excluding hydrogens is 391 g/mol. The molecule has 6 nitrogen and oxygen atoms in total. The van der Waals surface area contributed by atoms with Gasteiger partial charge in [-0.3, -0.25) is 0 Å². The molecular formula is C20H22F3NO5. The first-order chi connectivity index (χ1) is 13.6. The van der Waals surface area contributed by atoms with Crippen LogP contribution in [-0.4, -0.2) is 36.9 Å². The summed E-state index contributed by atoms with van der Waals surface area (Å²) in [6, 6.07) is 4.74. The number of carbonyl (C=O) groups is 2. The fourth-order valence-electron chi connectivity index (χ4n) is 3.28. The van der Waals surface area contributed by atoms with Gasteiger partial charge in [0.2, 0.25) is 0 Å².